The van der Waals surface area contributed by atoms with Gasteiger partial charge >= 0.3 is 17.9 Å². The molecule has 90 valence electrons. The van der Waals surface area contributed by atoms with Crippen molar-refractivity contribution < 1.29 is 34.6 Å². The molecule has 0 aliphatic rings. The van der Waals surface area contributed by atoms with E-state index >= 15 is 0 Å². The highest BCUT2D eigenvalue weighted by Gasteiger charge is 2.49. The quantitative estimate of drug-likeness (QED) is 0.391. The molecule has 0 fully saturated rings. The van der Waals surface area contributed by atoms with Crippen LogP contribution in [-0.2, 0) is 14.4 Å². The van der Waals surface area contributed by atoms with Crippen LogP contribution < -0.4 is 0 Å². The molecule has 9 nitrogen and oxygen atoms in total. The maximum absolute atomic E-state index is 10.6. The van der Waals surface area contributed by atoms with E-state index in [0.717, 1.165) is 0 Å². The monoisotopic (exact) mass is 235 g/mol. The molecule has 0 aliphatic carbocycles. The molecule has 3 N–H and O–H groups in total. The lowest BCUT2D eigenvalue weighted by atomic mass is 9.88. The molecule has 0 bridgehead atoms. The number of nitro groups is 1. The SMILES string of the molecule is O=C(O)CC(CC(=O)O)(CC(=O)O)[N+](=O)[O-]. The lowest BCUT2D eigenvalue weighted by Gasteiger charge is -2.19. The summed E-state index contributed by atoms with van der Waals surface area (Å²) in [5.41, 5.74) is -2.51. The maximum Gasteiger partial charge on any atom is 0.310 e. The third-order valence-electron chi connectivity index (χ3n) is 1.83. The second-order valence-corrected chi connectivity index (χ2v) is 3.19. The van der Waals surface area contributed by atoms with E-state index in [2.05, 4.69) is 0 Å². The van der Waals surface area contributed by atoms with Gasteiger partial charge in [-0.15, -0.1) is 0 Å². The summed E-state index contributed by atoms with van der Waals surface area (Å²) in [7, 11) is 0. The van der Waals surface area contributed by atoms with Crippen molar-refractivity contribution in [2.24, 2.45) is 0 Å². The van der Waals surface area contributed by atoms with Gasteiger partial charge in [-0.05, 0) is 0 Å². The topological polar surface area (TPSA) is 155 Å². The minimum atomic E-state index is -2.51. The molecule has 0 saturated heterocycles. The molecule has 0 aromatic carbocycles. The molecule has 0 aliphatic heterocycles. The van der Waals surface area contributed by atoms with Gasteiger partial charge in [0.25, 0.3) is 5.54 Å². The van der Waals surface area contributed by atoms with Crippen molar-refractivity contribution in [2.45, 2.75) is 24.8 Å². The smallest absolute Gasteiger partial charge is 0.310 e. The maximum atomic E-state index is 10.6. The molecule has 0 heterocycles. The van der Waals surface area contributed by atoms with Crippen molar-refractivity contribution in [3.05, 3.63) is 10.1 Å². The number of carboxylic acid groups (broad SMARTS) is 3. The van der Waals surface area contributed by atoms with Crippen LogP contribution in [0.1, 0.15) is 19.3 Å². The van der Waals surface area contributed by atoms with Crippen LogP contribution in [0.4, 0.5) is 0 Å². The van der Waals surface area contributed by atoms with Crippen LogP contribution in [0, 0.1) is 10.1 Å². The van der Waals surface area contributed by atoms with Gasteiger partial charge in [-0.25, -0.2) is 0 Å². The van der Waals surface area contributed by atoms with E-state index in [0.29, 0.717) is 0 Å². The van der Waals surface area contributed by atoms with Crippen LogP contribution in [0.3, 0.4) is 0 Å². The number of hydrogen-bond acceptors (Lipinski definition) is 5. The fraction of sp³-hybridized carbons (Fsp3) is 0.571. The predicted octanol–water partition coefficient (Wildman–Crippen LogP) is -0.574. The molecule has 9 heteroatoms. The highest BCUT2D eigenvalue weighted by atomic mass is 16.6. The minimum Gasteiger partial charge on any atom is -0.481 e. The van der Waals surface area contributed by atoms with Crippen LogP contribution in [0.5, 0.6) is 0 Å². The zero-order chi connectivity index (χ0) is 12.9. The lowest BCUT2D eigenvalue weighted by molar-refractivity contribution is -0.567. The van der Waals surface area contributed by atoms with Gasteiger partial charge < -0.3 is 15.3 Å². The van der Waals surface area contributed by atoms with E-state index in [1.54, 1.807) is 0 Å². The number of aliphatic carboxylic acids is 3. The fourth-order valence-electron chi connectivity index (χ4n) is 1.23. The van der Waals surface area contributed by atoms with Crippen molar-refractivity contribution in [1.82, 2.24) is 0 Å². The van der Waals surface area contributed by atoms with Gasteiger partial charge in [0, 0.05) is 4.92 Å². The molecular weight excluding hydrogens is 226 g/mol. The van der Waals surface area contributed by atoms with Crippen LogP contribution in [-0.4, -0.2) is 43.7 Å². The van der Waals surface area contributed by atoms with E-state index in [-0.39, 0.29) is 0 Å². The average molecular weight is 235 g/mol. The molecule has 0 rings (SSSR count). The van der Waals surface area contributed by atoms with Gasteiger partial charge in [0.15, 0.2) is 0 Å². The molecule has 16 heavy (non-hydrogen) atoms. The Kier molecular flexibility index (Phi) is 4.36. The van der Waals surface area contributed by atoms with Crippen molar-refractivity contribution >= 4 is 17.9 Å². The normalized spacial score (nSPS) is 10.8. The molecule has 0 aromatic heterocycles. The number of carboxylic acids is 3. The van der Waals surface area contributed by atoms with Gasteiger partial charge in [-0.1, -0.05) is 0 Å². The first kappa shape index (κ1) is 13.8. The number of rotatable bonds is 7. The second kappa shape index (κ2) is 5.05. The van der Waals surface area contributed by atoms with Gasteiger partial charge in [-0.2, -0.15) is 0 Å². The largest absolute Gasteiger partial charge is 0.481 e. The van der Waals surface area contributed by atoms with E-state index in [1.807, 2.05) is 0 Å². The third-order valence-corrected chi connectivity index (χ3v) is 1.83. The van der Waals surface area contributed by atoms with E-state index in [1.165, 1.54) is 0 Å². The van der Waals surface area contributed by atoms with Crippen LogP contribution in [0.15, 0.2) is 0 Å². The molecular formula is C7H9NO8. The summed E-state index contributed by atoms with van der Waals surface area (Å²) < 4.78 is 0. The van der Waals surface area contributed by atoms with Crippen LogP contribution in [0.25, 0.3) is 0 Å². The highest BCUT2D eigenvalue weighted by Crippen LogP contribution is 2.24. The third kappa shape index (κ3) is 3.90. The Morgan fingerprint density at radius 2 is 1.19 bits per heavy atom. The predicted molar refractivity (Wildman–Crippen MR) is 46.5 cm³/mol. The van der Waals surface area contributed by atoms with E-state index in [4.69, 9.17) is 15.3 Å². The van der Waals surface area contributed by atoms with Crippen molar-refractivity contribution in [3.63, 3.8) is 0 Å². The molecule has 0 amide bonds. The lowest BCUT2D eigenvalue weighted by Crippen LogP contribution is -2.44. The summed E-state index contributed by atoms with van der Waals surface area (Å²) in [6.07, 6.45) is -3.46. The second-order valence-electron chi connectivity index (χ2n) is 3.19. The van der Waals surface area contributed by atoms with Gasteiger partial charge in [-0.3, -0.25) is 24.5 Å². The Morgan fingerprint density at radius 3 is 1.31 bits per heavy atom. The van der Waals surface area contributed by atoms with Crippen molar-refractivity contribution in [1.29, 1.82) is 0 Å². The fourth-order valence-corrected chi connectivity index (χ4v) is 1.23. The summed E-state index contributed by atoms with van der Waals surface area (Å²) in [5.74, 6) is -4.88. The Balaban J connectivity index is 5.19. The van der Waals surface area contributed by atoms with Gasteiger partial charge in [0.1, 0.15) is 19.3 Å². The average Bonchev–Trinajstić information content (AvgIpc) is 1.98. The van der Waals surface area contributed by atoms with E-state index < -0.39 is 47.6 Å². The number of nitrogens with zero attached hydrogens (tertiary/aromatic N) is 1. The van der Waals surface area contributed by atoms with Crippen molar-refractivity contribution in [2.75, 3.05) is 0 Å². The zero-order valence-corrected chi connectivity index (χ0v) is 7.95. The van der Waals surface area contributed by atoms with Gasteiger partial charge in [0.2, 0.25) is 0 Å². The molecule has 0 saturated carbocycles. The summed E-state index contributed by atoms with van der Waals surface area (Å²) in [6.45, 7) is 0. The molecule has 0 atom stereocenters. The minimum absolute atomic E-state index is 1.15. The zero-order valence-electron chi connectivity index (χ0n) is 7.95. The summed E-state index contributed by atoms with van der Waals surface area (Å²) in [5, 5.41) is 35.9. The van der Waals surface area contributed by atoms with E-state index in [9.17, 15) is 24.5 Å². The highest BCUT2D eigenvalue weighted by molar-refractivity contribution is 5.76. The first-order valence-electron chi connectivity index (χ1n) is 3.99. The number of carbonyl (C=O) groups is 3. The Hall–Kier alpha value is -2.19. The summed E-state index contributed by atoms with van der Waals surface area (Å²) >= 11 is 0. The summed E-state index contributed by atoms with van der Waals surface area (Å²) in [4.78, 5) is 40.7. The molecule has 0 aromatic rings. The standard InChI is InChI=1S/C7H9NO8/c9-4(10)1-7(8(15)16,2-5(11)12)3-6(13)14/h1-3H2,(H,9,10)(H,11,12)(H,13,14). The van der Waals surface area contributed by atoms with Crippen LogP contribution >= 0.6 is 0 Å². The molecule has 0 spiro atoms. The first-order chi connectivity index (χ1) is 7.19. The van der Waals surface area contributed by atoms with Gasteiger partial charge in [0.05, 0.1) is 0 Å². The van der Waals surface area contributed by atoms with Crippen molar-refractivity contribution in [3.8, 4) is 0 Å². The molecule has 0 radical (unpaired) electrons. The Labute approximate surface area is 88.4 Å². The Morgan fingerprint density at radius 1 is 0.938 bits per heavy atom. The first-order valence-corrected chi connectivity index (χ1v) is 3.99. The summed E-state index contributed by atoms with van der Waals surface area (Å²) in [6, 6.07) is 0. The number of hydrogen-bond donors (Lipinski definition) is 3. The van der Waals surface area contributed by atoms with Crippen LogP contribution in [0.2, 0.25) is 0 Å². The Bertz CT molecular complexity index is 294. The molecule has 0 unspecified atom stereocenters.